The number of anilines is 3. The van der Waals surface area contributed by atoms with Gasteiger partial charge in [0.1, 0.15) is 11.6 Å². The number of hydrogen-bond acceptors (Lipinski definition) is 7. The first-order chi connectivity index (χ1) is 22.8. The first-order valence-corrected chi connectivity index (χ1v) is 18.2. The van der Waals surface area contributed by atoms with Gasteiger partial charge in [0.2, 0.25) is 11.8 Å². The van der Waals surface area contributed by atoms with Crippen molar-refractivity contribution in [2.45, 2.75) is 32.3 Å². The highest BCUT2D eigenvalue weighted by Crippen LogP contribution is 2.41. The lowest BCUT2D eigenvalue weighted by Crippen LogP contribution is -2.21. The third kappa shape index (κ3) is 8.46. The summed E-state index contributed by atoms with van der Waals surface area (Å²) in [5, 5.41) is 15.5. The van der Waals surface area contributed by atoms with Gasteiger partial charge in [-0.15, -0.1) is 0 Å². The molecule has 0 aliphatic carbocycles. The standard InChI is InChI=1S/C37H40N7O3P.3H2/c1-8-13-26(9-2)39-35-38-21-20-34(42-35)47-31-19-18-30(28-16-10-11-17-29(28)31)40-36(45)41-33-23-32(37(3,4)5)43-44(33)27-15-12-14-25(22-27)24-48(6,7)46;;;/h8-23H,1-2,24H2,3-7H3,(H,38,39,42)(H2,40,41,45);3*1H/b26-13+;;;. The molecule has 0 saturated heterocycles. The Morgan fingerprint density at radius 3 is 2.46 bits per heavy atom. The molecule has 3 aromatic carbocycles. The maximum absolute atomic E-state index is 13.5. The number of nitrogens with zero attached hydrogens (tertiary/aromatic N) is 4. The van der Waals surface area contributed by atoms with Crippen molar-refractivity contribution in [3.8, 4) is 17.3 Å². The molecule has 11 heteroatoms. The fourth-order valence-electron chi connectivity index (χ4n) is 4.99. The van der Waals surface area contributed by atoms with Gasteiger partial charge in [-0.25, -0.2) is 14.5 Å². The Hall–Kier alpha value is -5.47. The minimum absolute atomic E-state index is 0. The predicted molar refractivity (Wildman–Crippen MR) is 203 cm³/mol. The molecule has 0 spiro atoms. The van der Waals surface area contributed by atoms with Crippen LogP contribution < -0.4 is 20.7 Å². The van der Waals surface area contributed by atoms with Crippen LogP contribution in [0, 0.1) is 0 Å². The molecule has 252 valence electrons. The fourth-order valence-corrected chi connectivity index (χ4v) is 6.06. The molecule has 3 N–H and O–H groups in total. The quantitative estimate of drug-likeness (QED) is 0.0946. The van der Waals surface area contributed by atoms with Gasteiger partial charge in [-0.1, -0.05) is 76.4 Å². The minimum atomic E-state index is -2.28. The van der Waals surface area contributed by atoms with E-state index in [0.29, 0.717) is 40.9 Å². The van der Waals surface area contributed by atoms with Crippen molar-refractivity contribution < 1.29 is 18.4 Å². The van der Waals surface area contributed by atoms with E-state index in [9.17, 15) is 9.36 Å². The normalized spacial score (nSPS) is 12.0. The van der Waals surface area contributed by atoms with Crippen LogP contribution in [0.25, 0.3) is 16.5 Å². The second-order valence-corrected chi connectivity index (χ2v) is 16.2. The summed E-state index contributed by atoms with van der Waals surface area (Å²) >= 11 is 0. The lowest BCUT2D eigenvalue weighted by atomic mass is 9.92. The lowest BCUT2D eigenvalue weighted by Gasteiger charge is -2.15. The molecular formula is C37H46N7O3P. The van der Waals surface area contributed by atoms with Crippen LogP contribution in [-0.2, 0) is 16.1 Å². The zero-order chi connectivity index (χ0) is 34.5. The predicted octanol–water partition coefficient (Wildman–Crippen LogP) is 10.1. The molecule has 0 saturated carbocycles. The minimum Gasteiger partial charge on any atom is -0.438 e. The van der Waals surface area contributed by atoms with Gasteiger partial charge in [0.05, 0.1) is 24.2 Å². The van der Waals surface area contributed by atoms with Gasteiger partial charge in [0.15, 0.2) is 0 Å². The molecule has 0 atom stereocenters. The summed E-state index contributed by atoms with van der Waals surface area (Å²) in [6, 6.07) is 22.1. The average molecular weight is 668 g/mol. The van der Waals surface area contributed by atoms with Gasteiger partial charge >= 0.3 is 6.03 Å². The van der Waals surface area contributed by atoms with Crippen molar-refractivity contribution in [1.82, 2.24) is 19.7 Å². The number of aromatic nitrogens is 4. The van der Waals surface area contributed by atoms with Crippen LogP contribution >= 0.6 is 7.14 Å². The maximum Gasteiger partial charge on any atom is 0.324 e. The Labute approximate surface area is 285 Å². The van der Waals surface area contributed by atoms with Gasteiger partial charge < -0.3 is 19.9 Å². The summed E-state index contributed by atoms with van der Waals surface area (Å²) in [5.41, 5.74) is 3.54. The van der Waals surface area contributed by atoms with Crippen molar-refractivity contribution in [2.24, 2.45) is 0 Å². The molecule has 48 heavy (non-hydrogen) atoms. The molecule has 0 aliphatic heterocycles. The SMILES string of the molecule is C=C/C=C(\C=C)Nc1nccc(Oc2ccc(NC(=O)Nc3cc(C(C)(C)C)nn3-c3cccc(CP(C)(C)=O)c3)c3ccccc23)n1.[HH].[HH].[HH]. The molecule has 2 aromatic heterocycles. The number of carbonyl (C=O) groups excluding carboxylic acids is 1. The summed E-state index contributed by atoms with van der Waals surface area (Å²) in [7, 11) is -2.28. The van der Waals surface area contributed by atoms with Crippen LogP contribution in [0.1, 0.15) is 36.3 Å². The van der Waals surface area contributed by atoms with Crippen LogP contribution in [-0.4, -0.2) is 39.1 Å². The van der Waals surface area contributed by atoms with Crippen molar-refractivity contribution in [3.05, 3.63) is 127 Å². The molecule has 0 unspecified atom stereocenters. The molecule has 0 fully saturated rings. The number of rotatable bonds is 11. The first-order valence-electron chi connectivity index (χ1n) is 15.4. The van der Waals surface area contributed by atoms with E-state index in [1.54, 1.807) is 60.6 Å². The van der Waals surface area contributed by atoms with Crippen LogP contribution in [0.15, 0.2) is 116 Å². The van der Waals surface area contributed by atoms with E-state index in [1.807, 2.05) is 54.6 Å². The van der Waals surface area contributed by atoms with Crippen LogP contribution in [0.4, 0.5) is 22.2 Å². The summed E-state index contributed by atoms with van der Waals surface area (Å²) < 4.78 is 20.4. The molecule has 5 aromatic rings. The van der Waals surface area contributed by atoms with E-state index < -0.39 is 13.2 Å². The Morgan fingerprint density at radius 1 is 0.979 bits per heavy atom. The van der Waals surface area contributed by atoms with E-state index in [4.69, 9.17) is 9.84 Å². The summed E-state index contributed by atoms with van der Waals surface area (Å²) in [5.74, 6) is 1.75. The van der Waals surface area contributed by atoms with Crippen molar-refractivity contribution >= 4 is 41.4 Å². The third-order valence-electron chi connectivity index (χ3n) is 7.19. The average Bonchev–Trinajstić information content (AvgIpc) is 3.46. The highest BCUT2D eigenvalue weighted by molar-refractivity contribution is 7.61. The number of fused-ring (bicyclic) bond motifs is 1. The highest BCUT2D eigenvalue weighted by Gasteiger charge is 2.22. The zero-order valence-electron chi connectivity index (χ0n) is 27.8. The molecule has 0 aliphatic rings. The first kappa shape index (κ1) is 33.9. The van der Waals surface area contributed by atoms with Gasteiger partial charge in [0, 0.05) is 50.7 Å². The van der Waals surface area contributed by atoms with E-state index in [-0.39, 0.29) is 9.69 Å². The van der Waals surface area contributed by atoms with Crippen LogP contribution in [0.5, 0.6) is 11.6 Å². The topological polar surface area (TPSA) is 123 Å². The van der Waals surface area contributed by atoms with Crippen LogP contribution in [0.3, 0.4) is 0 Å². The zero-order valence-corrected chi connectivity index (χ0v) is 28.7. The van der Waals surface area contributed by atoms with Gasteiger partial charge in [0.25, 0.3) is 0 Å². The Morgan fingerprint density at radius 2 is 1.75 bits per heavy atom. The van der Waals surface area contributed by atoms with E-state index in [0.717, 1.165) is 27.7 Å². The number of ether oxygens (including phenoxy) is 1. The highest BCUT2D eigenvalue weighted by atomic mass is 31.2. The Bertz CT molecular complexity index is 2090. The lowest BCUT2D eigenvalue weighted by molar-refractivity contribution is 0.262. The van der Waals surface area contributed by atoms with Crippen molar-refractivity contribution in [3.63, 3.8) is 0 Å². The number of allylic oxidation sites excluding steroid dienone is 3. The maximum atomic E-state index is 13.5. The summed E-state index contributed by atoms with van der Waals surface area (Å²) in [6.45, 7) is 17.2. The van der Waals surface area contributed by atoms with E-state index >= 15 is 0 Å². The second kappa shape index (κ2) is 14.1. The number of benzene rings is 3. The third-order valence-corrected chi connectivity index (χ3v) is 8.31. The number of urea groups is 1. The van der Waals surface area contributed by atoms with E-state index in [1.165, 1.54) is 0 Å². The van der Waals surface area contributed by atoms with Gasteiger partial charge in [-0.3, -0.25) is 5.32 Å². The Kier molecular flexibility index (Phi) is 9.96. The monoisotopic (exact) mass is 667 g/mol. The number of amides is 2. The van der Waals surface area contributed by atoms with Gasteiger partial charge in [-0.2, -0.15) is 10.1 Å². The van der Waals surface area contributed by atoms with Crippen molar-refractivity contribution in [1.29, 1.82) is 0 Å². The van der Waals surface area contributed by atoms with Crippen molar-refractivity contribution in [2.75, 3.05) is 29.3 Å². The molecule has 0 bridgehead atoms. The molecule has 5 rings (SSSR count). The van der Waals surface area contributed by atoms with Crippen LogP contribution in [0.2, 0.25) is 0 Å². The molecule has 2 heterocycles. The molecular weight excluding hydrogens is 621 g/mol. The number of hydrogen-bond donors (Lipinski definition) is 3. The summed E-state index contributed by atoms with van der Waals surface area (Å²) in [6.07, 6.45) is 7.11. The largest absolute Gasteiger partial charge is 0.438 e. The van der Waals surface area contributed by atoms with E-state index in [2.05, 4.69) is 59.8 Å². The molecule has 0 radical (unpaired) electrons. The smallest absolute Gasteiger partial charge is 0.324 e. The molecule has 2 amide bonds. The molecule has 10 nitrogen and oxygen atoms in total. The Balaban J connectivity index is 0.00000300. The number of carbonyl (C=O) groups is 1. The van der Waals surface area contributed by atoms with Gasteiger partial charge in [-0.05, 0) is 55.3 Å². The fraction of sp³-hybridized carbons (Fsp3) is 0.189. The second-order valence-electron chi connectivity index (χ2n) is 12.7. The number of nitrogens with one attached hydrogen (secondary N) is 3. The summed E-state index contributed by atoms with van der Waals surface area (Å²) in [4.78, 5) is 22.2.